The maximum Gasteiger partial charge on any atom is 0.238 e. The first-order valence-electron chi connectivity index (χ1n) is 13.6. The van der Waals surface area contributed by atoms with Crippen molar-refractivity contribution in [1.29, 1.82) is 0 Å². The second-order valence-corrected chi connectivity index (χ2v) is 12.9. The van der Waals surface area contributed by atoms with Crippen LogP contribution in [0.5, 0.6) is 5.75 Å². The average Bonchev–Trinajstić information content (AvgIpc) is 3.22. The van der Waals surface area contributed by atoms with E-state index in [1.165, 1.54) is 0 Å². The van der Waals surface area contributed by atoms with Crippen molar-refractivity contribution >= 4 is 63.3 Å². The van der Waals surface area contributed by atoms with Gasteiger partial charge in [-0.25, -0.2) is 0 Å². The Kier molecular flexibility index (Phi) is 7.76. The van der Waals surface area contributed by atoms with Gasteiger partial charge in [0.15, 0.2) is 0 Å². The SMILES string of the molecule is CCN1CCC(Oc2ccc(I)cc2C2NC(=O)CC(c3cccc(Cl)c3)C23C(=O)Nc2cc(Cl)ccc23)CC1. The number of amides is 2. The van der Waals surface area contributed by atoms with Gasteiger partial charge < -0.3 is 20.3 Å². The number of rotatable bonds is 5. The molecule has 2 amide bonds. The Morgan fingerprint density at radius 2 is 1.80 bits per heavy atom. The van der Waals surface area contributed by atoms with Gasteiger partial charge in [0.25, 0.3) is 0 Å². The van der Waals surface area contributed by atoms with E-state index in [0.717, 1.165) is 52.7 Å². The molecule has 40 heavy (non-hydrogen) atoms. The monoisotopic (exact) mass is 689 g/mol. The lowest BCUT2D eigenvalue weighted by Gasteiger charge is -2.47. The van der Waals surface area contributed by atoms with E-state index in [-0.39, 0.29) is 24.3 Å². The van der Waals surface area contributed by atoms with Gasteiger partial charge in [-0.15, -0.1) is 0 Å². The van der Waals surface area contributed by atoms with Crippen LogP contribution in [-0.2, 0) is 15.0 Å². The summed E-state index contributed by atoms with van der Waals surface area (Å²) in [5, 5.41) is 7.42. The van der Waals surface area contributed by atoms with Crippen LogP contribution < -0.4 is 15.4 Å². The number of likely N-dealkylation sites (tertiary alicyclic amines) is 1. The average molecular weight is 690 g/mol. The van der Waals surface area contributed by atoms with Crippen LogP contribution in [0, 0.1) is 3.57 Å². The highest BCUT2D eigenvalue weighted by Crippen LogP contribution is 2.58. The van der Waals surface area contributed by atoms with Crippen LogP contribution in [0.25, 0.3) is 0 Å². The molecule has 0 saturated carbocycles. The largest absolute Gasteiger partial charge is 0.490 e. The molecular weight excluding hydrogens is 660 g/mol. The number of nitrogens with one attached hydrogen (secondary N) is 2. The highest BCUT2D eigenvalue weighted by Gasteiger charge is 2.61. The number of fused-ring (bicyclic) bond motifs is 2. The molecule has 2 fully saturated rings. The third-order valence-corrected chi connectivity index (χ3v) is 9.70. The summed E-state index contributed by atoms with van der Waals surface area (Å²) in [5.74, 6) is -0.0782. The summed E-state index contributed by atoms with van der Waals surface area (Å²) in [7, 11) is 0. The molecule has 1 spiro atoms. The summed E-state index contributed by atoms with van der Waals surface area (Å²) in [5.41, 5.74) is 1.95. The Labute approximate surface area is 257 Å². The third kappa shape index (κ3) is 4.89. The summed E-state index contributed by atoms with van der Waals surface area (Å²) in [6.07, 6.45) is 2.05. The number of hydrogen-bond donors (Lipinski definition) is 2. The molecule has 0 bridgehead atoms. The van der Waals surface area contributed by atoms with Gasteiger partial charge in [-0.3, -0.25) is 9.59 Å². The van der Waals surface area contributed by atoms with E-state index in [2.05, 4.69) is 45.0 Å². The topological polar surface area (TPSA) is 70.7 Å². The van der Waals surface area contributed by atoms with Crippen molar-refractivity contribution in [2.24, 2.45) is 0 Å². The predicted octanol–water partition coefficient (Wildman–Crippen LogP) is 6.70. The number of hydrogen-bond acceptors (Lipinski definition) is 4. The van der Waals surface area contributed by atoms with Crippen molar-refractivity contribution in [3.8, 4) is 5.75 Å². The highest BCUT2D eigenvalue weighted by molar-refractivity contribution is 14.1. The molecule has 3 aliphatic rings. The minimum absolute atomic E-state index is 0.0593. The van der Waals surface area contributed by atoms with Crippen molar-refractivity contribution < 1.29 is 14.3 Å². The molecule has 3 aromatic carbocycles. The molecule has 2 saturated heterocycles. The van der Waals surface area contributed by atoms with E-state index >= 15 is 0 Å². The Hall–Kier alpha value is -2.33. The maximum atomic E-state index is 14.3. The lowest BCUT2D eigenvalue weighted by molar-refractivity contribution is -0.131. The summed E-state index contributed by atoms with van der Waals surface area (Å²) >= 11 is 15.1. The number of ether oxygens (including phenoxy) is 1. The normalized spacial score (nSPS) is 25.0. The van der Waals surface area contributed by atoms with E-state index in [4.69, 9.17) is 27.9 Å². The lowest BCUT2D eigenvalue weighted by atomic mass is 9.59. The lowest BCUT2D eigenvalue weighted by Crippen LogP contribution is -2.57. The molecule has 0 aliphatic carbocycles. The van der Waals surface area contributed by atoms with Gasteiger partial charge in [0.05, 0.1) is 6.04 Å². The van der Waals surface area contributed by atoms with Crippen LogP contribution in [0.2, 0.25) is 10.0 Å². The first-order chi connectivity index (χ1) is 19.3. The number of nitrogens with zero attached hydrogens (tertiary/aromatic N) is 1. The Balaban J connectivity index is 1.52. The molecule has 3 unspecified atom stereocenters. The molecule has 2 N–H and O–H groups in total. The first-order valence-corrected chi connectivity index (χ1v) is 15.5. The van der Waals surface area contributed by atoms with E-state index < -0.39 is 17.4 Å². The van der Waals surface area contributed by atoms with Crippen LogP contribution in [0.1, 0.15) is 54.8 Å². The standard InChI is InChI=1S/C31H30Cl2IN3O3/c1-2-37-12-10-22(11-13-37)40-27-9-7-21(34)16-23(27)29-31(24-8-6-20(33)15-26(24)35-30(31)39)25(17-28(38)36-29)18-4-3-5-19(32)14-18/h3-9,14-16,22,25,29H,2,10-13,17H2,1H3,(H,35,39)(H,36,38). The summed E-state index contributed by atoms with van der Waals surface area (Å²) in [6, 6.07) is 18.3. The predicted molar refractivity (Wildman–Crippen MR) is 166 cm³/mol. The molecule has 3 atom stereocenters. The molecule has 3 aromatic rings. The summed E-state index contributed by atoms with van der Waals surface area (Å²) in [6.45, 7) is 5.18. The number of halogens is 3. The Morgan fingerprint density at radius 3 is 2.55 bits per heavy atom. The van der Waals surface area contributed by atoms with Gasteiger partial charge in [0.2, 0.25) is 11.8 Å². The van der Waals surface area contributed by atoms with Crippen molar-refractivity contribution in [3.63, 3.8) is 0 Å². The van der Waals surface area contributed by atoms with Crippen LogP contribution in [0.3, 0.4) is 0 Å². The van der Waals surface area contributed by atoms with Gasteiger partial charge in [0, 0.05) is 50.3 Å². The van der Waals surface area contributed by atoms with E-state index in [0.29, 0.717) is 21.5 Å². The fraction of sp³-hybridized carbons (Fsp3) is 0.355. The zero-order chi connectivity index (χ0) is 28.0. The zero-order valence-corrected chi connectivity index (χ0v) is 25.7. The van der Waals surface area contributed by atoms with Gasteiger partial charge >= 0.3 is 0 Å². The maximum absolute atomic E-state index is 14.3. The van der Waals surface area contributed by atoms with Gasteiger partial charge in [-0.1, -0.05) is 48.3 Å². The van der Waals surface area contributed by atoms with E-state index in [1.807, 2.05) is 42.5 Å². The van der Waals surface area contributed by atoms with Gasteiger partial charge in [0.1, 0.15) is 17.3 Å². The van der Waals surface area contributed by atoms with Crippen LogP contribution in [-0.4, -0.2) is 42.5 Å². The number of piperidine rings is 2. The van der Waals surface area contributed by atoms with Crippen molar-refractivity contribution in [1.82, 2.24) is 10.2 Å². The van der Waals surface area contributed by atoms with Crippen LogP contribution >= 0.6 is 45.8 Å². The minimum atomic E-state index is -1.15. The fourth-order valence-corrected chi connectivity index (χ4v) is 7.53. The second kappa shape index (κ2) is 11.2. The minimum Gasteiger partial charge on any atom is -0.490 e. The van der Waals surface area contributed by atoms with Crippen molar-refractivity contribution in [2.75, 3.05) is 25.0 Å². The van der Waals surface area contributed by atoms with Crippen LogP contribution in [0.4, 0.5) is 5.69 Å². The number of anilines is 1. The quantitative estimate of drug-likeness (QED) is 0.293. The number of carbonyl (C=O) groups excluding carboxylic acids is 2. The second-order valence-electron chi connectivity index (χ2n) is 10.8. The summed E-state index contributed by atoms with van der Waals surface area (Å²) in [4.78, 5) is 30.2. The Bertz CT molecular complexity index is 1480. The number of benzene rings is 3. The molecular formula is C31H30Cl2IN3O3. The molecule has 0 aromatic heterocycles. The van der Waals surface area contributed by atoms with Gasteiger partial charge in [-0.05, 0) is 95.6 Å². The zero-order valence-electron chi connectivity index (χ0n) is 22.1. The Morgan fingerprint density at radius 1 is 1.02 bits per heavy atom. The van der Waals surface area contributed by atoms with E-state index in [1.54, 1.807) is 18.2 Å². The molecule has 0 radical (unpaired) electrons. The van der Waals surface area contributed by atoms with E-state index in [9.17, 15) is 9.59 Å². The molecule has 3 aliphatic heterocycles. The third-order valence-electron chi connectivity index (χ3n) is 8.56. The molecule has 208 valence electrons. The fourth-order valence-electron chi connectivity index (χ4n) is 6.64. The molecule has 6 rings (SSSR count). The molecule has 3 heterocycles. The van der Waals surface area contributed by atoms with Crippen LogP contribution in [0.15, 0.2) is 60.7 Å². The summed E-state index contributed by atoms with van der Waals surface area (Å²) < 4.78 is 7.66. The van der Waals surface area contributed by atoms with Gasteiger partial charge in [-0.2, -0.15) is 0 Å². The first kappa shape index (κ1) is 27.8. The van der Waals surface area contributed by atoms with Crippen molar-refractivity contribution in [2.45, 2.75) is 49.7 Å². The smallest absolute Gasteiger partial charge is 0.238 e. The number of carbonyl (C=O) groups is 2. The molecule has 9 heteroatoms. The van der Waals surface area contributed by atoms with Crippen molar-refractivity contribution in [3.05, 3.63) is 91.0 Å². The molecule has 6 nitrogen and oxygen atoms in total. The highest BCUT2D eigenvalue weighted by atomic mass is 127.